The van der Waals surface area contributed by atoms with Crippen molar-refractivity contribution in [3.05, 3.63) is 54.0 Å². The lowest BCUT2D eigenvalue weighted by Gasteiger charge is -2.35. The van der Waals surface area contributed by atoms with Crippen molar-refractivity contribution in [2.24, 2.45) is 0 Å². The van der Waals surface area contributed by atoms with Gasteiger partial charge in [0.05, 0.1) is 11.1 Å². The van der Waals surface area contributed by atoms with Gasteiger partial charge in [0, 0.05) is 51.3 Å². The Morgan fingerprint density at radius 1 is 1.10 bits per heavy atom. The van der Waals surface area contributed by atoms with Crippen molar-refractivity contribution in [1.82, 2.24) is 25.1 Å². The van der Waals surface area contributed by atoms with Gasteiger partial charge in [-0.15, -0.1) is 0 Å². The molecule has 0 saturated carbocycles. The fourth-order valence-corrected chi connectivity index (χ4v) is 3.24. The largest absolute Gasteiger partial charge is 0.353 e. The van der Waals surface area contributed by atoms with Crippen LogP contribution in [0.5, 0.6) is 0 Å². The molecule has 29 heavy (non-hydrogen) atoms. The van der Waals surface area contributed by atoms with E-state index in [4.69, 9.17) is 0 Å². The Kier molecular flexibility index (Phi) is 7.13. The standard InChI is InChI=1S/C21H28N6O2/c1-25(2)9-5-8-24-20(28)17-14-18(16-22-15-17)21(29)27-12-10-26(11-13-27)19-6-3-4-7-23-19/h3-4,6-7,14-16H,5,8-13H2,1-2H3,(H,24,28). The molecule has 1 N–H and O–H groups in total. The van der Waals surface area contributed by atoms with E-state index in [9.17, 15) is 9.59 Å². The third-order valence-electron chi connectivity index (χ3n) is 4.86. The summed E-state index contributed by atoms with van der Waals surface area (Å²) in [6, 6.07) is 7.45. The Morgan fingerprint density at radius 2 is 1.86 bits per heavy atom. The third kappa shape index (κ3) is 5.74. The molecule has 1 aliphatic rings. The molecule has 2 aromatic heterocycles. The maximum absolute atomic E-state index is 12.9. The van der Waals surface area contributed by atoms with Crippen molar-refractivity contribution in [3.8, 4) is 0 Å². The summed E-state index contributed by atoms with van der Waals surface area (Å²) < 4.78 is 0. The second-order valence-electron chi connectivity index (χ2n) is 7.34. The molecule has 0 aliphatic carbocycles. The van der Waals surface area contributed by atoms with Crippen LogP contribution >= 0.6 is 0 Å². The smallest absolute Gasteiger partial charge is 0.255 e. The van der Waals surface area contributed by atoms with Crippen LogP contribution in [0.4, 0.5) is 5.82 Å². The number of amides is 2. The average Bonchev–Trinajstić information content (AvgIpc) is 2.77. The zero-order chi connectivity index (χ0) is 20.6. The first-order valence-corrected chi connectivity index (χ1v) is 9.88. The molecule has 1 aliphatic heterocycles. The lowest BCUT2D eigenvalue weighted by Crippen LogP contribution is -2.49. The molecule has 0 spiro atoms. The van der Waals surface area contributed by atoms with E-state index in [0.717, 1.165) is 31.9 Å². The third-order valence-corrected chi connectivity index (χ3v) is 4.86. The van der Waals surface area contributed by atoms with Crippen LogP contribution in [0.25, 0.3) is 0 Å². The predicted octanol–water partition coefficient (Wildman–Crippen LogP) is 1.12. The first kappa shape index (κ1) is 20.7. The summed E-state index contributed by atoms with van der Waals surface area (Å²) in [6.45, 7) is 4.16. The Balaban J connectivity index is 1.55. The molecule has 1 saturated heterocycles. The lowest BCUT2D eigenvalue weighted by atomic mass is 10.1. The first-order chi connectivity index (χ1) is 14.0. The number of nitrogens with zero attached hydrogens (tertiary/aromatic N) is 5. The van der Waals surface area contributed by atoms with Gasteiger partial charge in [-0.2, -0.15) is 0 Å². The van der Waals surface area contributed by atoms with Gasteiger partial charge in [0.2, 0.25) is 0 Å². The number of anilines is 1. The number of carbonyl (C=O) groups excluding carboxylic acids is 2. The van der Waals surface area contributed by atoms with Crippen molar-refractivity contribution in [2.45, 2.75) is 6.42 Å². The van der Waals surface area contributed by atoms with Crippen LogP contribution in [0.15, 0.2) is 42.9 Å². The van der Waals surface area contributed by atoms with Crippen LogP contribution in [0.3, 0.4) is 0 Å². The minimum absolute atomic E-state index is 0.0968. The minimum Gasteiger partial charge on any atom is -0.353 e. The van der Waals surface area contributed by atoms with Crippen molar-refractivity contribution < 1.29 is 9.59 Å². The highest BCUT2D eigenvalue weighted by molar-refractivity contribution is 5.99. The topological polar surface area (TPSA) is 81.7 Å². The van der Waals surface area contributed by atoms with Gasteiger partial charge in [0.15, 0.2) is 0 Å². The quantitative estimate of drug-likeness (QED) is 0.707. The Hall–Kier alpha value is -3.00. The maximum atomic E-state index is 12.9. The number of nitrogens with one attached hydrogen (secondary N) is 1. The van der Waals surface area contributed by atoms with E-state index < -0.39 is 0 Å². The van der Waals surface area contributed by atoms with Crippen LogP contribution in [0.2, 0.25) is 0 Å². The highest BCUT2D eigenvalue weighted by atomic mass is 16.2. The zero-order valence-electron chi connectivity index (χ0n) is 17.0. The Morgan fingerprint density at radius 3 is 2.55 bits per heavy atom. The zero-order valence-corrected chi connectivity index (χ0v) is 17.0. The number of hydrogen-bond donors (Lipinski definition) is 1. The molecule has 1 fully saturated rings. The number of carbonyl (C=O) groups is 2. The predicted molar refractivity (Wildman–Crippen MR) is 112 cm³/mol. The molecule has 0 radical (unpaired) electrons. The molecule has 8 heteroatoms. The average molecular weight is 396 g/mol. The molecular weight excluding hydrogens is 368 g/mol. The number of aromatic nitrogens is 2. The molecule has 2 amide bonds. The van der Waals surface area contributed by atoms with Gasteiger partial charge in [-0.3, -0.25) is 14.6 Å². The van der Waals surface area contributed by atoms with Crippen LogP contribution in [-0.4, -0.2) is 84.9 Å². The maximum Gasteiger partial charge on any atom is 0.255 e. The highest BCUT2D eigenvalue weighted by Gasteiger charge is 2.23. The van der Waals surface area contributed by atoms with Gasteiger partial charge < -0.3 is 20.0 Å². The first-order valence-electron chi connectivity index (χ1n) is 9.88. The van der Waals surface area contributed by atoms with E-state index >= 15 is 0 Å². The molecule has 0 bridgehead atoms. The summed E-state index contributed by atoms with van der Waals surface area (Å²) >= 11 is 0. The van der Waals surface area contributed by atoms with Gasteiger partial charge in [0.1, 0.15) is 5.82 Å². The number of pyridine rings is 2. The summed E-state index contributed by atoms with van der Waals surface area (Å²) in [4.78, 5) is 39.7. The normalized spacial score (nSPS) is 14.2. The molecular formula is C21H28N6O2. The summed E-state index contributed by atoms with van der Waals surface area (Å²) in [5, 5.41) is 2.88. The van der Waals surface area contributed by atoms with Crippen molar-refractivity contribution in [2.75, 3.05) is 58.3 Å². The molecule has 2 aromatic rings. The molecule has 3 rings (SSSR count). The van der Waals surface area contributed by atoms with Gasteiger partial charge >= 0.3 is 0 Å². The van der Waals surface area contributed by atoms with E-state index in [-0.39, 0.29) is 11.8 Å². The van der Waals surface area contributed by atoms with E-state index in [0.29, 0.717) is 30.8 Å². The number of piperazine rings is 1. The highest BCUT2D eigenvalue weighted by Crippen LogP contribution is 2.15. The SMILES string of the molecule is CN(C)CCCNC(=O)c1cncc(C(=O)N2CCN(c3ccccn3)CC2)c1. The fourth-order valence-electron chi connectivity index (χ4n) is 3.24. The molecule has 0 unspecified atom stereocenters. The van der Waals surface area contributed by atoms with E-state index in [1.807, 2.05) is 32.3 Å². The van der Waals surface area contributed by atoms with Gasteiger partial charge in [0.25, 0.3) is 11.8 Å². The fraction of sp³-hybridized carbons (Fsp3) is 0.429. The summed E-state index contributed by atoms with van der Waals surface area (Å²) in [6.07, 6.45) is 5.66. The van der Waals surface area contributed by atoms with Gasteiger partial charge in [-0.05, 0) is 45.3 Å². The van der Waals surface area contributed by atoms with Gasteiger partial charge in [-0.25, -0.2) is 4.98 Å². The van der Waals surface area contributed by atoms with Crippen molar-refractivity contribution >= 4 is 17.6 Å². The summed E-state index contributed by atoms with van der Waals surface area (Å²) in [7, 11) is 3.99. The van der Waals surface area contributed by atoms with Gasteiger partial charge in [-0.1, -0.05) is 6.07 Å². The van der Waals surface area contributed by atoms with Crippen LogP contribution in [0, 0.1) is 0 Å². The van der Waals surface area contributed by atoms with Crippen LogP contribution in [0.1, 0.15) is 27.1 Å². The van der Waals surface area contributed by atoms with Crippen molar-refractivity contribution in [3.63, 3.8) is 0 Å². The van der Waals surface area contributed by atoms with Crippen molar-refractivity contribution in [1.29, 1.82) is 0 Å². The molecule has 0 atom stereocenters. The monoisotopic (exact) mass is 396 g/mol. The molecule has 3 heterocycles. The second-order valence-corrected chi connectivity index (χ2v) is 7.34. The summed E-state index contributed by atoms with van der Waals surface area (Å²) in [5.41, 5.74) is 0.852. The number of hydrogen-bond acceptors (Lipinski definition) is 6. The molecule has 8 nitrogen and oxygen atoms in total. The Bertz CT molecular complexity index is 819. The van der Waals surface area contributed by atoms with E-state index in [1.165, 1.54) is 12.4 Å². The summed E-state index contributed by atoms with van der Waals surface area (Å²) in [5.74, 6) is 0.625. The van der Waals surface area contributed by atoms with Crippen LogP contribution in [-0.2, 0) is 0 Å². The number of rotatable bonds is 7. The van der Waals surface area contributed by atoms with E-state index in [1.54, 1.807) is 17.2 Å². The Labute approximate surface area is 171 Å². The molecule has 154 valence electrons. The minimum atomic E-state index is -0.203. The van der Waals surface area contributed by atoms with E-state index in [2.05, 4.69) is 25.1 Å². The van der Waals surface area contributed by atoms with Crippen LogP contribution < -0.4 is 10.2 Å². The second kappa shape index (κ2) is 9.97. The molecule has 0 aromatic carbocycles. The lowest BCUT2D eigenvalue weighted by molar-refractivity contribution is 0.0746.